The number of amides is 1. The molecule has 0 unspecified atom stereocenters. The van der Waals surface area contributed by atoms with E-state index in [0.29, 0.717) is 24.2 Å². The van der Waals surface area contributed by atoms with E-state index in [1.54, 1.807) is 12.1 Å². The fraction of sp³-hybridized carbons (Fsp3) is 0.143. The van der Waals surface area contributed by atoms with Gasteiger partial charge in [-0.1, -0.05) is 30.3 Å². The van der Waals surface area contributed by atoms with E-state index in [2.05, 4.69) is 15.6 Å². The number of halogens is 3. The van der Waals surface area contributed by atoms with Gasteiger partial charge in [-0.25, -0.2) is 4.98 Å². The van der Waals surface area contributed by atoms with Gasteiger partial charge in [-0.2, -0.15) is 13.2 Å². The van der Waals surface area contributed by atoms with Crippen LogP contribution in [0.4, 0.5) is 24.7 Å². The van der Waals surface area contributed by atoms with Crippen molar-refractivity contribution in [3.05, 3.63) is 89.6 Å². The van der Waals surface area contributed by atoms with Gasteiger partial charge in [0.15, 0.2) is 0 Å². The second kappa shape index (κ2) is 8.56. The van der Waals surface area contributed by atoms with E-state index < -0.39 is 11.7 Å². The van der Waals surface area contributed by atoms with E-state index in [-0.39, 0.29) is 11.7 Å². The first kappa shape index (κ1) is 19.4. The fourth-order valence-corrected chi connectivity index (χ4v) is 2.63. The fourth-order valence-electron chi connectivity index (χ4n) is 2.63. The summed E-state index contributed by atoms with van der Waals surface area (Å²) >= 11 is 0. The summed E-state index contributed by atoms with van der Waals surface area (Å²) in [4.78, 5) is 16.6. The van der Waals surface area contributed by atoms with Crippen molar-refractivity contribution in [2.75, 3.05) is 11.9 Å². The Morgan fingerprint density at radius 1 is 0.929 bits per heavy atom. The zero-order chi connectivity index (χ0) is 20.0. The van der Waals surface area contributed by atoms with Gasteiger partial charge in [0.05, 0.1) is 11.1 Å². The van der Waals surface area contributed by atoms with Gasteiger partial charge >= 0.3 is 6.18 Å². The molecule has 0 aliphatic heterocycles. The Balaban J connectivity index is 1.66. The molecule has 0 aliphatic carbocycles. The molecule has 0 atom stereocenters. The molecule has 1 heterocycles. The second-order valence-corrected chi connectivity index (χ2v) is 6.09. The van der Waals surface area contributed by atoms with Gasteiger partial charge in [-0.3, -0.25) is 4.79 Å². The number of hydrogen-bond acceptors (Lipinski definition) is 3. The number of pyridine rings is 1. The van der Waals surface area contributed by atoms with Crippen molar-refractivity contribution in [2.24, 2.45) is 0 Å². The van der Waals surface area contributed by atoms with Gasteiger partial charge in [-0.15, -0.1) is 0 Å². The maximum atomic E-state index is 12.7. The highest BCUT2D eigenvalue weighted by atomic mass is 19.4. The van der Waals surface area contributed by atoms with Gasteiger partial charge < -0.3 is 10.6 Å². The van der Waals surface area contributed by atoms with Crippen LogP contribution in [0.1, 0.15) is 21.5 Å². The highest BCUT2D eigenvalue weighted by molar-refractivity contribution is 5.99. The molecule has 28 heavy (non-hydrogen) atoms. The Labute approximate surface area is 160 Å². The molecule has 7 heteroatoms. The number of hydrogen-bond donors (Lipinski definition) is 2. The molecular formula is C21H18F3N3O. The highest BCUT2D eigenvalue weighted by Gasteiger charge is 2.30. The Hall–Kier alpha value is -3.35. The van der Waals surface area contributed by atoms with E-state index in [9.17, 15) is 18.0 Å². The van der Waals surface area contributed by atoms with E-state index in [0.717, 1.165) is 17.7 Å². The monoisotopic (exact) mass is 385 g/mol. The average Bonchev–Trinajstić information content (AvgIpc) is 2.69. The molecule has 3 rings (SSSR count). The van der Waals surface area contributed by atoms with Crippen LogP contribution in [-0.2, 0) is 12.6 Å². The van der Waals surface area contributed by atoms with Crippen molar-refractivity contribution in [3.8, 4) is 0 Å². The van der Waals surface area contributed by atoms with Crippen LogP contribution < -0.4 is 10.6 Å². The van der Waals surface area contributed by atoms with Crippen molar-refractivity contribution in [2.45, 2.75) is 12.6 Å². The summed E-state index contributed by atoms with van der Waals surface area (Å²) in [7, 11) is 0. The zero-order valence-corrected chi connectivity index (χ0v) is 14.8. The standard InChI is InChI=1S/C21H18F3N3O/c22-21(23,24)16-8-10-17(11-9-16)27-19-18(7-4-13-25-19)20(28)26-14-12-15-5-2-1-3-6-15/h1-11,13H,12,14H2,(H,25,27)(H,26,28). The van der Waals surface area contributed by atoms with Crippen molar-refractivity contribution < 1.29 is 18.0 Å². The number of aromatic nitrogens is 1. The summed E-state index contributed by atoms with van der Waals surface area (Å²) in [5.74, 6) is -0.0297. The lowest BCUT2D eigenvalue weighted by Crippen LogP contribution is -2.26. The van der Waals surface area contributed by atoms with Crippen molar-refractivity contribution >= 4 is 17.4 Å². The molecule has 3 aromatic rings. The molecule has 0 saturated heterocycles. The molecule has 0 spiro atoms. The first-order valence-corrected chi connectivity index (χ1v) is 8.65. The molecular weight excluding hydrogens is 367 g/mol. The first-order valence-electron chi connectivity index (χ1n) is 8.65. The molecule has 0 saturated carbocycles. The smallest absolute Gasteiger partial charge is 0.352 e. The van der Waals surface area contributed by atoms with Crippen LogP contribution in [0.2, 0.25) is 0 Å². The van der Waals surface area contributed by atoms with Crippen molar-refractivity contribution in [3.63, 3.8) is 0 Å². The maximum absolute atomic E-state index is 12.7. The van der Waals surface area contributed by atoms with Crippen LogP contribution in [0.15, 0.2) is 72.9 Å². The molecule has 4 nitrogen and oxygen atoms in total. The third-order valence-corrected chi connectivity index (χ3v) is 4.07. The maximum Gasteiger partial charge on any atom is 0.416 e. The van der Waals surface area contributed by atoms with Gasteiger partial charge in [0.25, 0.3) is 5.91 Å². The number of nitrogens with one attached hydrogen (secondary N) is 2. The molecule has 1 aromatic heterocycles. The molecule has 2 aromatic carbocycles. The summed E-state index contributed by atoms with van der Waals surface area (Å²) in [5.41, 5.74) is 1.09. The highest BCUT2D eigenvalue weighted by Crippen LogP contribution is 2.30. The average molecular weight is 385 g/mol. The molecule has 2 N–H and O–H groups in total. The number of anilines is 2. The van der Waals surface area contributed by atoms with E-state index in [1.165, 1.54) is 18.3 Å². The van der Waals surface area contributed by atoms with Crippen LogP contribution in [0.3, 0.4) is 0 Å². The number of carbonyl (C=O) groups is 1. The molecule has 1 amide bonds. The first-order chi connectivity index (χ1) is 13.4. The lowest BCUT2D eigenvalue weighted by Gasteiger charge is -2.12. The normalized spacial score (nSPS) is 11.1. The predicted molar refractivity (Wildman–Crippen MR) is 101 cm³/mol. The Bertz CT molecular complexity index is 926. The van der Waals surface area contributed by atoms with Crippen molar-refractivity contribution in [1.82, 2.24) is 10.3 Å². The second-order valence-electron chi connectivity index (χ2n) is 6.09. The summed E-state index contributed by atoms with van der Waals surface area (Å²) in [6.07, 6.45) is -2.20. The number of carbonyl (C=O) groups excluding carboxylic acids is 1. The molecule has 0 fully saturated rings. The molecule has 0 radical (unpaired) electrons. The quantitative estimate of drug-likeness (QED) is 0.640. The van der Waals surface area contributed by atoms with Crippen LogP contribution >= 0.6 is 0 Å². The summed E-state index contributed by atoms with van der Waals surface area (Å²) < 4.78 is 38.0. The van der Waals surface area contributed by atoms with E-state index >= 15 is 0 Å². The summed E-state index contributed by atoms with van der Waals surface area (Å²) in [5, 5.41) is 5.74. The minimum atomic E-state index is -4.40. The van der Waals surface area contributed by atoms with E-state index in [1.807, 2.05) is 30.3 Å². The third-order valence-electron chi connectivity index (χ3n) is 4.07. The topological polar surface area (TPSA) is 54.0 Å². The van der Waals surface area contributed by atoms with Gasteiger partial charge in [0.1, 0.15) is 5.82 Å². The minimum Gasteiger partial charge on any atom is -0.352 e. The molecule has 144 valence electrons. The van der Waals surface area contributed by atoms with Crippen LogP contribution in [0.5, 0.6) is 0 Å². The largest absolute Gasteiger partial charge is 0.416 e. The minimum absolute atomic E-state index is 0.277. The number of nitrogens with zero attached hydrogens (tertiary/aromatic N) is 1. The Kier molecular flexibility index (Phi) is 5.93. The van der Waals surface area contributed by atoms with Crippen LogP contribution in [-0.4, -0.2) is 17.4 Å². The van der Waals surface area contributed by atoms with E-state index in [4.69, 9.17) is 0 Å². The lowest BCUT2D eigenvalue weighted by molar-refractivity contribution is -0.137. The molecule has 0 aliphatic rings. The predicted octanol–water partition coefficient (Wildman–Crippen LogP) is 4.82. The molecule has 0 bridgehead atoms. The summed E-state index contributed by atoms with van der Waals surface area (Å²) in [6.45, 7) is 0.456. The number of alkyl halides is 3. The Morgan fingerprint density at radius 2 is 1.64 bits per heavy atom. The van der Waals surface area contributed by atoms with Crippen LogP contribution in [0, 0.1) is 0 Å². The van der Waals surface area contributed by atoms with Gasteiger partial charge in [0.2, 0.25) is 0 Å². The zero-order valence-electron chi connectivity index (χ0n) is 14.8. The van der Waals surface area contributed by atoms with Crippen LogP contribution in [0.25, 0.3) is 0 Å². The third kappa shape index (κ3) is 5.09. The lowest BCUT2D eigenvalue weighted by atomic mass is 10.1. The van der Waals surface area contributed by atoms with Crippen molar-refractivity contribution in [1.29, 1.82) is 0 Å². The summed E-state index contributed by atoms with van der Waals surface area (Å²) in [6, 6.07) is 17.5. The number of benzene rings is 2. The van der Waals surface area contributed by atoms with Gasteiger partial charge in [-0.05, 0) is 48.4 Å². The van der Waals surface area contributed by atoms with Gasteiger partial charge in [0, 0.05) is 18.4 Å². The number of rotatable bonds is 6. The SMILES string of the molecule is O=C(NCCc1ccccc1)c1cccnc1Nc1ccc(C(F)(F)F)cc1. The Morgan fingerprint density at radius 3 is 2.32 bits per heavy atom.